The Kier molecular flexibility index (Phi) is 6.60. The first-order chi connectivity index (χ1) is 15.1. The van der Waals surface area contributed by atoms with E-state index in [1.54, 1.807) is 14.2 Å². The standard InChI is InChI=1S/C22H27N5O3S/c1-14-10-15(2)12-27(11-14)18-8-9-23-22(24-18)31-13-19-25-21(26-30-19)16-6-5-7-17(28-3)20(16)29-4/h5-9,14-15H,10-13H2,1-4H3. The lowest BCUT2D eigenvalue weighted by Gasteiger charge is -2.35. The molecular weight excluding hydrogens is 414 g/mol. The smallest absolute Gasteiger partial charge is 0.237 e. The first-order valence-corrected chi connectivity index (χ1v) is 11.3. The summed E-state index contributed by atoms with van der Waals surface area (Å²) in [4.78, 5) is 16.0. The topological polar surface area (TPSA) is 86.4 Å². The van der Waals surface area contributed by atoms with Gasteiger partial charge in [-0.2, -0.15) is 4.98 Å². The van der Waals surface area contributed by atoms with E-state index in [9.17, 15) is 0 Å². The van der Waals surface area contributed by atoms with Gasteiger partial charge in [0.15, 0.2) is 16.7 Å². The summed E-state index contributed by atoms with van der Waals surface area (Å²) in [7, 11) is 3.19. The summed E-state index contributed by atoms with van der Waals surface area (Å²) < 4.78 is 16.3. The van der Waals surface area contributed by atoms with Crippen molar-refractivity contribution in [1.82, 2.24) is 20.1 Å². The zero-order valence-corrected chi connectivity index (χ0v) is 19.1. The zero-order chi connectivity index (χ0) is 21.8. The maximum absolute atomic E-state index is 5.47. The summed E-state index contributed by atoms with van der Waals surface area (Å²) in [5, 5.41) is 4.80. The van der Waals surface area contributed by atoms with Crippen LogP contribution in [-0.2, 0) is 5.75 Å². The summed E-state index contributed by atoms with van der Waals surface area (Å²) in [5.41, 5.74) is 0.716. The first-order valence-electron chi connectivity index (χ1n) is 10.3. The third-order valence-electron chi connectivity index (χ3n) is 5.25. The zero-order valence-electron chi connectivity index (χ0n) is 18.2. The van der Waals surface area contributed by atoms with E-state index >= 15 is 0 Å². The fraction of sp³-hybridized carbons (Fsp3) is 0.455. The number of benzene rings is 1. The quantitative estimate of drug-likeness (QED) is 0.393. The van der Waals surface area contributed by atoms with Gasteiger partial charge in [-0.1, -0.05) is 36.8 Å². The second-order valence-electron chi connectivity index (χ2n) is 7.89. The van der Waals surface area contributed by atoms with Crippen molar-refractivity contribution in [3.63, 3.8) is 0 Å². The number of aromatic nitrogens is 4. The van der Waals surface area contributed by atoms with Gasteiger partial charge in [-0.25, -0.2) is 9.97 Å². The molecule has 2 unspecified atom stereocenters. The highest BCUT2D eigenvalue weighted by Crippen LogP contribution is 2.36. The number of anilines is 1. The molecule has 0 radical (unpaired) electrons. The summed E-state index contributed by atoms with van der Waals surface area (Å²) in [6, 6.07) is 7.54. The fourth-order valence-corrected chi connectivity index (χ4v) is 4.70. The van der Waals surface area contributed by atoms with Gasteiger partial charge in [0.1, 0.15) is 5.82 Å². The summed E-state index contributed by atoms with van der Waals surface area (Å²) in [6.45, 7) is 6.65. The minimum Gasteiger partial charge on any atom is -0.493 e. The third kappa shape index (κ3) is 4.92. The number of nitrogens with zero attached hydrogens (tertiary/aromatic N) is 5. The van der Waals surface area contributed by atoms with Gasteiger partial charge < -0.3 is 18.9 Å². The highest BCUT2D eigenvalue weighted by Gasteiger charge is 2.23. The lowest BCUT2D eigenvalue weighted by atomic mass is 9.92. The number of thioether (sulfide) groups is 1. The van der Waals surface area contributed by atoms with Gasteiger partial charge in [0.25, 0.3) is 0 Å². The molecule has 0 saturated carbocycles. The maximum Gasteiger partial charge on any atom is 0.237 e. The van der Waals surface area contributed by atoms with E-state index in [2.05, 4.69) is 33.9 Å². The molecule has 31 heavy (non-hydrogen) atoms. The molecule has 4 rings (SSSR count). The lowest BCUT2D eigenvalue weighted by molar-refractivity contribution is 0.355. The van der Waals surface area contributed by atoms with Crippen molar-refractivity contribution in [2.45, 2.75) is 31.2 Å². The molecule has 9 heteroatoms. The number of ether oxygens (including phenoxy) is 2. The highest BCUT2D eigenvalue weighted by molar-refractivity contribution is 7.98. The van der Waals surface area contributed by atoms with Crippen LogP contribution < -0.4 is 14.4 Å². The van der Waals surface area contributed by atoms with E-state index in [-0.39, 0.29) is 0 Å². The maximum atomic E-state index is 5.47. The molecule has 2 atom stereocenters. The van der Waals surface area contributed by atoms with Crippen LogP contribution in [0.2, 0.25) is 0 Å². The summed E-state index contributed by atoms with van der Waals surface area (Å²) in [6.07, 6.45) is 3.08. The number of rotatable bonds is 7. The van der Waals surface area contributed by atoms with Crippen molar-refractivity contribution < 1.29 is 14.0 Å². The fourth-order valence-electron chi connectivity index (χ4n) is 4.04. The Labute approximate surface area is 186 Å². The molecule has 8 nitrogen and oxygen atoms in total. The number of hydrogen-bond donors (Lipinski definition) is 0. The number of methoxy groups -OCH3 is 2. The Bertz CT molecular complexity index is 1020. The molecule has 2 aromatic heterocycles. The van der Waals surface area contributed by atoms with E-state index in [1.165, 1.54) is 18.2 Å². The van der Waals surface area contributed by atoms with Crippen LogP contribution in [0, 0.1) is 11.8 Å². The van der Waals surface area contributed by atoms with Gasteiger partial charge >= 0.3 is 0 Å². The van der Waals surface area contributed by atoms with E-state index < -0.39 is 0 Å². The Morgan fingerprint density at radius 2 is 1.90 bits per heavy atom. The number of piperidine rings is 1. The van der Waals surface area contributed by atoms with E-state index in [4.69, 9.17) is 19.0 Å². The van der Waals surface area contributed by atoms with Crippen molar-refractivity contribution >= 4 is 17.6 Å². The average molecular weight is 442 g/mol. The van der Waals surface area contributed by atoms with Crippen LogP contribution in [-0.4, -0.2) is 47.4 Å². The Hall–Kier alpha value is -2.81. The SMILES string of the molecule is COc1cccc(-c2noc(CSc3nccc(N4CC(C)CC(C)C4)n3)n2)c1OC. The monoisotopic (exact) mass is 441 g/mol. The average Bonchev–Trinajstić information content (AvgIpc) is 3.25. The van der Waals surface area contributed by atoms with Crippen molar-refractivity contribution in [3.05, 3.63) is 36.4 Å². The second-order valence-corrected chi connectivity index (χ2v) is 8.83. The Morgan fingerprint density at radius 1 is 1.10 bits per heavy atom. The highest BCUT2D eigenvalue weighted by atomic mass is 32.2. The van der Waals surface area contributed by atoms with E-state index in [0.29, 0.717) is 51.5 Å². The molecule has 3 heterocycles. The van der Waals surface area contributed by atoms with Crippen LogP contribution in [0.1, 0.15) is 26.2 Å². The van der Waals surface area contributed by atoms with E-state index in [0.717, 1.165) is 18.9 Å². The molecule has 1 aliphatic rings. The third-order valence-corrected chi connectivity index (χ3v) is 6.09. The van der Waals surface area contributed by atoms with Gasteiger partial charge in [0.05, 0.1) is 25.5 Å². The van der Waals surface area contributed by atoms with Gasteiger partial charge in [-0.05, 0) is 36.5 Å². The Morgan fingerprint density at radius 3 is 2.65 bits per heavy atom. The Balaban J connectivity index is 1.45. The van der Waals surface area contributed by atoms with Crippen LogP contribution in [0.25, 0.3) is 11.4 Å². The molecule has 3 aromatic rings. The van der Waals surface area contributed by atoms with Crippen molar-refractivity contribution in [2.24, 2.45) is 11.8 Å². The molecule has 1 saturated heterocycles. The predicted molar refractivity (Wildman–Crippen MR) is 120 cm³/mol. The van der Waals surface area contributed by atoms with Gasteiger partial charge in [0, 0.05) is 19.3 Å². The van der Waals surface area contributed by atoms with Gasteiger partial charge in [-0.15, -0.1) is 0 Å². The van der Waals surface area contributed by atoms with E-state index in [1.807, 2.05) is 30.5 Å². The van der Waals surface area contributed by atoms with Crippen molar-refractivity contribution in [3.8, 4) is 22.9 Å². The molecule has 0 amide bonds. The van der Waals surface area contributed by atoms with Gasteiger partial charge in [-0.3, -0.25) is 0 Å². The molecule has 1 aliphatic heterocycles. The molecular formula is C22H27N5O3S. The van der Waals surface area contributed by atoms with Crippen LogP contribution in [0.4, 0.5) is 5.82 Å². The minimum atomic E-state index is 0.456. The summed E-state index contributed by atoms with van der Waals surface area (Å²) in [5.74, 6) is 4.94. The molecule has 164 valence electrons. The molecule has 0 N–H and O–H groups in total. The number of para-hydroxylation sites is 1. The van der Waals surface area contributed by atoms with Crippen LogP contribution in [0.5, 0.6) is 11.5 Å². The molecule has 1 fully saturated rings. The molecule has 1 aromatic carbocycles. The van der Waals surface area contributed by atoms with Crippen molar-refractivity contribution in [2.75, 3.05) is 32.2 Å². The predicted octanol–water partition coefficient (Wildman–Crippen LogP) is 4.32. The normalized spacial score (nSPS) is 18.8. The molecule has 0 bridgehead atoms. The van der Waals surface area contributed by atoms with Crippen molar-refractivity contribution in [1.29, 1.82) is 0 Å². The summed E-state index contributed by atoms with van der Waals surface area (Å²) >= 11 is 1.48. The largest absolute Gasteiger partial charge is 0.493 e. The van der Waals surface area contributed by atoms with Crippen LogP contribution in [0.3, 0.4) is 0 Å². The van der Waals surface area contributed by atoms with Crippen LogP contribution in [0.15, 0.2) is 40.1 Å². The first kappa shape index (κ1) is 21.4. The second kappa shape index (κ2) is 9.55. The molecule has 0 spiro atoms. The molecule has 0 aliphatic carbocycles. The lowest BCUT2D eigenvalue weighted by Crippen LogP contribution is -2.39. The number of hydrogen-bond acceptors (Lipinski definition) is 9. The minimum absolute atomic E-state index is 0.456. The van der Waals surface area contributed by atoms with Crippen LogP contribution >= 0.6 is 11.8 Å². The van der Waals surface area contributed by atoms with Gasteiger partial charge in [0.2, 0.25) is 11.7 Å².